The van der Waals surface area contributed by atoms with E-state index in [1.54, 1.807) is 0 Å². The molecule has 0 saturated heterocycles. The summed E-state index contributed by atoms with van der Waals surface area (Å²) in [6.07, 6.45) is 1.79. The lowest BCUT2D eigenvalue weighted by atomic mass is 9.98. The Balaban J connectivity index is 1.48. The van der Waals surface area contributed by atoms with E-state index in [1.165, 1.54) is 0 Å². The van der Waals surface area contributed by atoms with Gasteiger partial charge in [0.25, 0.3) is 0 Å². The van der Waals surface area contributed by atoms with E-state index < -0.39 is 17.1 Å². The number of aromatic nitrogens is 3. The monoisotopic (exact) mass is 580 g/mol. The van der Waals surface area contributed by atoms with Gasteiger partial charge >= 0.3 is 6.09 Å². The summed E-state index contributed by atoms with van der Waals surface area (Å²) in [6.45, 7) is 9.15. The number of carbonyl (C=O) groups is 1. The maximum atomic E-state index is 13.3. The number of fused-ring (bicyclic) bond motifs is 1. The van der Waals surface area contributed by atoms with E-state index in [0.29, 0.717) is 18.0 Å². The highest BCUT2D eigenvalue weighted by molar-refractivity contribution is 7.83. The van der Waals surface area contributed by atoms with Crippen LogP contribution in [0.4, 0.5) is 4.79 Å². The Morgan fingerprint density at radius 1 is 0.905 bits per heavy atom. The molecule has 8 heteroatoms. The molecule has 1 N–H and O–H groups in total. The van der Waals surface area contributed by atoms with Gasteiger partial charge < -0.3 is 9.30 Å². The molecule has 0 bridgehead atoms. The lowest BCUT2D eigenvalue weighted by Crippen LogP contribution is -2.27. The molecule has 1 amide bonds. The lowest BCUT2D eigenvalue weighted by molar-refractivity contribution is 0.151. The number of pyridine rings is 1. The lowest BCUT2D eigenvalue weighted by Gasteiger charge is -2.14. The van der Waals surface area contributed by atoms with Crippen LogP contribution in [0.5, 0.6) is 0 Å². The fraction of sp³-hybridized carbons (Fsp3) is 0.265. The molecule has 0 radical (unpaired) electrons. The second kappa shape index (κ2) is 13.1. The SMILES string of the molecule is CCCCOC(=O)NS(=O)c1ccc(-c2ccccc2)cc1-c1ccc(Cn2c(CC)nc3c(C)cc(C)nc32)cc1. The highest BCUT2D eigenvalue weighted by Gasteiger charge is 2.18. The largest absolute Gasteiger partial charge is 0.449 e. The first-order valence-corrected chi connectivity index (χ1v) is 15.5. The Morgan fingerprint density at radius 3 is 2.36 bits per heavy atom. The maximum Gasteiger partial charge on any atom is 0.419 e. The number of amides is 1. The molecular weight excluding hydrogens is 544 g/mol. The Labute approximate surface area is 249 Å². The first-order valence-electron chi connectivity index (χ1n) is 14.3. The molecule has 0 saturated carbocycles. The summed E-state index contributed by atoms with van der Waals surface area (Å²) in [4.78, 5) is 22.5. The number of carbonyl (C=O) groups excluding carboxylic acids is 1. The minimum absolute atomic E-state index is 0.293. The molecule has 1 atom stereocenters. The smallest absolute Gasteiger partial charge is 0.419 e. The summed E-state index contributed by atoms with van der Waals surface area (Å²) in [7, 11) is -1.80. The van der Waals surface area contributed by atoms with Gasteiger partial charge in [0, 0.05) is 17.7 Å². The number of nitrogens with zero attached hydrogens (tertiary/aromatic N) is 3. The van der Waals surface area contributed by atoms with E-state index in [2.05, 4.69) is 41.3 Å². The molecule has 0 aliphatic heterocycles. The number of aryl methyl sites for hydroxylation is 3. The Morgan fingerprint density at radius 2 is 1.64 bits per heavy atom. The van der Waals surface area contributed by atoms with Crippen molar-refractivity contribution in [1.29, 1.82) is 0 Å². The van der Waals surface area contributed by atoms with Crippen LogP contribution in [0.15, 0.2) is 83.8 Å². The first kappa shape index (κ1) is 29.2. The predicted octanol–water partition coefficient (Wildman–Crippen LogP) is 7.54. The summed E-state index contributed by atoms with van der Waals surface area (Å²) < 4.78 is 23.2. The van der Waals surface area contributed by atoms with Gasteiger partial charge in [0.1, 0.15) is 11.3 Å². The zero-order valence-corrected chi connectivity index (χ0v) is 25.3. The van der Waals surface area contributed by atoms with Gasteiger partial charge in [-0.1, -0.05) is 80.9 Å². The van der Waals surface area contributed by atoms with Crippen molar-refractivity contribution in [2.24, 2.45) is 0 Å². The Kier molecular flexibility index (Phi) is 9.12. The standard InChI is InChI=1S/C34H36N4O3S/c1-5-7-19-41-34(39)37-42(40)30-18-17-28(26-11-9-8-10-12-26)21-29(30)27-15-13-25(14-16-27)22-38-31(6-2)36-32-23(3)20-24(4)35-33(32)38/h8-18,20-21H,5-7,19,22H2,1-4H3,(H,37,39). The molecule has 5 rings (SSSR count). The summed E-state index contributed by atoms with van der Waals surface area (Å²) >= 11 is 0. The molecule has 0 aliphatic rings. The normalized spacial score (nSPS) is 11.9. The van der Waals surface area contributed by atoms with E-state index in [0.717, 1.165) is 75.3 Å². The van der Waals surface area contributed by atoms with Crippen molar-refractivity contribution in [3.63, 3.8) is 0 Å². The second-order valence-corrected chi connectivity index (χ2v) is 11.5. The van der Waals surface area contributed by atoms with Gasteiger partial charge in [-0.25, -0.2) is 23.7 Å². The molecule has 5 aromatic rings. The zero-order valence-electron chi connectivity index (χ0n) is 24.5. The maximum absolute atomic E-state index is 13.3. The molecule has 3 aromatic carbocycles. The Hall–Kier alpha value is -4.30. The molecule has 216 valence electrons. The topological polar surface area (TPSA) is 86.1 Å². The number of unbranched alkanes of at least 4 members (excludes halogenated alkanes) is 1. The molecule has 2 aromatic heterocycles. The molecule has 7 nitrogen and oxygen atoms in total. The van der Waals surface area contributed by atoms with Crippen molar-refractivity contribution >= 4 is 28.2 Å². The van der Waals surface area contributed by atoms with E-state index >= 15 is 0 Å². The average Bonchev–Trinajstić information content (AvgIpc) is 3.35. The second-order valence-electron chi connectivity index (χ2n) is 10.4. The number of imidazole rings is 1. The van der Waals surface area contributed by atoms with E-state index in [4.69, 9.17) is 14.7 Å². The molecule has 0 fully saturated rings. The quantitative estimate of drug-likeness (QED) is 0.173. The van der Waals surface area contributed by atoms with E-state index in [-0.39, 0.29) is 0 Å². The van der Waals surface area contributed by atoms with Gasteiger partial charge in [0.15, 0.2) is 16.6 Å². The summed E-state index contributed by atoms with van der Waals surface area (Å²) in [5, 5.41) is 0. The highest BCUT2D eigenvalue weighted by Crippen LogP contribution is 2.32. The molecule has 0 spiro atoms. The van der Waals surface area contributed by atoms with Gasteiger partial charge in [-0.05, 0) is 66.3 Å². The third-order valence-corrected chi connectivity index (χ3v) is 8.32. The molecule has 42 heavy (non-hydrogen) atoms. The van der Waals surface area contributed by atoms with Crippen LogP contribution in [0.25, 0.3) is 33.4 Å². The van der Waals surface area contributed by atoms with Crippen molar-refractivity contribution in [1.82, 2.24) is 19.3 Å². The summed E-state index contributed by atoms with van der Waals surface area (Å²) in [5.74, 6) is 1.00. The van der Waals surface area contributed by atoms with Crippen LogP contribution >= 0.6 is 0 Å². The molecule has 0 aliphatic carbocycles. The number of hydrogen-bond acceptors (Lipinski definition) is 5. The van der Waals surface area contributed by atoms with Gasteiger partial charge in [-0.2, -0.15) is 0 Å². The number of benzene rings is 3. The fourth-order valence-electron chi connectivity index (χ4n) is 5.05. The molecule has 1 unspecified atom stereocenters. The van der Waals surface area contributed by atoms with Crippen molar-refractivity contribution < 1.29 is 13.7 Å². The van der Waals surface area contributed by atoms with Gasteiger partial charge in [-0.3, -0.25) is 0 Å². The average molecular weight is 581 g/mol. The van der Waals surface area contributed by atoms with Crippen molar-refractivity contribution in [2.45, 2.75) is 58.4 Å². The number of rotatable bonds is 10. The van der Waals surface area contributed by atoms with Crippen molar-refractivity contribution in [3.05, 3.63) is 102 Å². The van der Waals surface area contributed by atoms with Crippen LogP contribution in [-0.4, -0.2) is 31.4 Å². The van der Waals surface area contributed by atoms with Gasteiger partial charge in [-0.15, -0.1) is 0 Å². The third kappa shape index (κ3) is 6.44. The van der Waals surface area contributed by atoms with Crippen molar-refractivity contribution in [3.8, 4) is 22.3 Å². The van der Waals surface area contributed by atoms with E-state index in [9.17, 15) is 9.00 Å². The highest BCUT2D eigenvalue weighted by atomic mass is 32.2. The van der Waals surface area contributed by atoms with Crippen LogP contribution in [0.3, 0.4) is 0 Å². The number of nitrogens with one attached hydrogen (secondary N) is 1. The predicted molar refractivity (Wildman–Crippen MR) is 169 cm³/mol. The Bertz CT molecular complexity index is 1730. The first-order chi connectivity index (χ1) is 20.4. The zero-order chi connectivity index (χ0) is 29.6. The molecular formula is C34H36N4O3S. The van der Waals surface area contributed by atoms with Gasteiger partial charge in [0.2, 0.25) is 0 Å². The minimum atomic E-state index is -1.80. The molecule has 2 heterocycles. The minimum Gasteiger partial charge on any atom is -0.449 e. The number of hydrogen-bond donors (Lipinski definition) is 1. The summed E-state index contributed by atoms with van der Waals surface area (Å²) in [6, 6.07) is 26.1. The summed E-state index contributed by atoms with van der Waals surface area (Å²) in [5.41, 5.74) is 8.78. The van der Waals surface area contributed by atoms with Crippen LogP contribution < -0.4 is 4.72 Å². The number of ether oxygens (including phenoxy) is 1. The van der Waals surface area contributed by atoms with Crippen LogP contribution in [0.1, 0.15) is 49.3 Å². The van der Waals surface area contributed by atoms with Crippen LogP contribution in [-0.2, 0) is 28.7 Å². The van der Waals surface area contributed by atoms with Crippen molar-refractivity contribution in [2.75, 3.05) is 6.61 Å². The van der Waals surface area contributed by atoms with Gasteiger partial charge in [0.05, 0.1) is 18.0 Å². The van der Waals surface area contributed by atoms with Crippen LogP contribution in [0, 0.1) is 13.8 Å². The fourth-order valence-corrected chi connectivity index (χ4v) is 5.94. The van der Waals surface area contributed by atoms with Crippen LogP contribution in [0.2, 0.25) is 0 Å². The van der Waals surface area contributed by atoms with E-state index in [1.807, 2.05) is 74.5 Å². The third-order valence-electron chi connectivity index (χ3n) is 7.22.